The number of nitro groups is 1. The zero-order valence-corrected chi connectivity index (χ0v) is 10.0. The van der Waals surface area contributed by atoms with Crippen molar-refractivity contribution >= 4 is 17.3 Å². The van der Waals surface area contributed by atoms with Crippen LogP contribution in [0, 0.1) is 10.1 Å². The highest BCUT2D eigenvalue weighted by molar-refractivity contribution is 5.61. The van der Waals surface area contributed by atoms with Gasteiger partial charge in [0.2, 0.25) is 5.82 Å². The molecule has 1 rings (SSSR count). The molecule has 0 aliphatic heterocycles. The zero-order valence-electron chi connectivity index (χ0n) is 10.0. The molecule has 17 heavy (non-hydrogen) atoms. The van der Waals surface area contributed by atoms with Crippen LogP contribution in [-0.2, 0) is 0 Å². The van der Waals surface area contributed by atoms with E-state index in [1.165, 1.54) is 6.07 Å². The Morgan fingerprint density at radius 3 is 2.76 bits per heavy atom. The first kappa shape index (κ1) is 13.2. The van der Waals surface area contributed by atoms with Crippen LogP contribution in [0.5, 0.6) is 0 Å². The Bertz CT molecular complexity index is 411. The van der Waals surface area contributed by atoms with E-state index in [4.69, 9.17) is 5.11 Å². The molecule has 94 valence electrons. The molecule has 1 heterocycles. The van der Waals surface area contributed by atoms with Gasteiger partial charge < -0.3 is 15.3 Å². The maximum absolute atomic E-state index is 10.9. The quantitative estimate of drug-likeness (QED) is 0.585. The SMILES string of the molecule is CNc1ccc([N+](=O)[O-])c(N(C)C(C)CO)n1. The molecule has 1 unspecified atom stereocenters. The molecule has 1 atom stereocenters. The molecule has 0 bridgehead atoms. The molecular weight excluding hydrogens is 224 g/mol. The number of hydrogen-bond acceptors (Lipinski definition) is 6. The van der Waals surface area contributed by atoms with Gasteiger partial charge in [0.05, 0.1) is 17.6 Å². The minimum absolute atomic E-state index is 0.0770. The molecule has 7 heteroatoms. The summed E-state index contributed by atoms with van der Waals surface area (Å²) in [6.07, 6.45) is 0. The van der Waals surface area contributed by atoms with Crippen molar-refractivity contribution in [2.24, 2.45) is 0 Å². The molecule has 1 aromatic heterocycles. The van der Waals surface area contributed by atoms with Crippen molar-refractivity contribution in [2.45, 2.75) is 13.0 Å². The Hall–Kier alpha value is -1.89. The number of likely N-dealkylation sites (N-methyl/N-ethyl adjacent to an activating group) is 1. The second kappa shape index (κ2) is 5.44. The summed E-state index contributed by atoms with van der Waals surface area (Å²) in [6.45, 7) is 1.66. The summed E-state index contributed by atoms with van der Waals surface area (Å²) in [7, 11) is 3.35. The lowest BCUT2D eigenvalue weighted by Crippen LogP contribution is -2.33. The van der Waals surface area contributed by atoms with E-state index >= 15 is 0 Å². The van der Waals surface area contributed by atoms with Gasteiger partial charge in [0, 0.05) is 20.2 Å². The highest BCUT2D eigenvalue weighted by Gasteiger charge is 2.22. The molecular formula is C10H16N4O3. The number of nitrogens with zero attached hydrogens (tertiary/aromatic N) is 3. The topological polar surface area (TPSA) is 91.5 Å². The van der Waals surface area contributed by atoms with Gasteiger partial charge in [-0.1, -0.05) is 0 Å². The van der Waals surface area contributed by atoms with Crippen LogP contribution in [-0.4, -0.2) is 41.8 Å². The number of aliphatic hydroxyl groups is 1. The Labute approximate surface area is 99.2 Å². The third kappa shape index (κ3) is 2.82. The fourth-order valence-electron chi connectivity index (χ4n) is 1.31. The summed E-state index contributed by atoms with van der Waals surface area (Å²) in [5, 5.41) is 22.8. The molecule has 0 saturated heterocycles. The smallest absolute Gasteiger partial charge is 0.311 e. The first-order chi connectivity index (χ1) is 8.01. The fourth-order valence-corrected chi connectivity index (χ4v) is 1.31. The van der Waals surface area contributed by atoms with E-state index in [0.717, 1.165) is 0 Å². The molecule has 0 fully saturated rings. The molecule has 0 saturated carbocycles. The summed E-state index contributed by atoms with van der Waals surface area (Å²) in [5.74, 6) is 0.783. The van der Waals surface area contributed by atoms with Crippen molar-refractivity contribution < 1.29 is 10.0 Å². The van der Waals surface area contributed by atoms with E-state index in [9.17, 15) is 10.1 Å². The first-order valence-electron chi connectivity index (χ1n) is 5.18. The summed E-state index contributed by atoms with van der Waals surface area (Å²) in [6, 6.07) is 2.70. The lowest BCUT2D eigenvalue weighted by molar-refractivity contribution is -0.384. The fraction of sp³-hybridized carbons (Fsp3) is 0.500. The highest BCUT2D eigenvalue weighted by Crippen LogP contribution is 2.27. The number of anilines is 2. The maximum atomic E-state index is 10.9. The van der Waals surface area contributed by atoms with Gasteiger partial charge in [0.1, 0.15) is 5.82 Å². The molecule has 1 aromatic rings. The lowest BCUT2D eigenvalue weighted by Gasteiger charge is -2.24. The molecule has 0 aliphatic rings. The summed E-state index contributed by atoms with van der Waals surface area (Å²) >= 11 is 0. The Kier molecular flexibility index (Phi) is 4.22. The van der Waals surface area contributed by atoms with E-state index in [2.05, 4.69) is 10.3 Å². The largest absolute Gasteiger partial charge is 0.394 e. The van der Waals surface area contributed by atoms with Crippen LogP contribution < -0.4 is 10.2 Å². The van der Waals surface area contributed by atoms with Gasteiger partial charge in [0.25, 0.3) is 0 Å². The van der Waals surface area contributed by atoms with Gasteiger partial charge in [0.15, 0.2) is 0 Å². The number of rotatable bonds is 5. The van der Waals surface area contributed by atoms with Crippen molar-refractivity contribution in [3.63, 3.8) is 0 Å². The number of hydrogen-bond donors (Lipinski definition) is 2. The second-order valence-corrected chi connectivity index (χ2v) is 3.69. The van der Waals surface area contributed by atoms with Crippen LogP contribution in [0.3, 0.4) is 0 Å². The minimum atomic E-state index is -0.484. The van der Waals surface area contributed by atoms with Crippen LogP contribution in [0.4, 0.5) is 17.3 Å². The Balaban J connectivity index is 3.21. The van der Waals surface area contributed by atoms with Gasteiger partial charge in [-0.25, -0.2) is 4.98 Å². The molecule has 2 N–H and O–H groups in total. The van der Waals surface area contributed by atoms with E-state index in [0.29, 0.717) is 5.82 Å². The maximum Gasteiger partial charge on any atom is 0.311 e. The average Bonchev–Trinajstić information content (AvgIpc) is 2.35. The van der Waals surface area contributed by atoms with Crippen molar-refractivity contribution in [1.29, 1.82) is 0 Å². The molecule has 0 aliphatic carbocycles. The monoisotopic (exact) mass is 240 g/mol. The van der Waals surface area contributed by atoms with Gasteiger partial charge in [-0.05, 0) is 13.0 Å². The number of aliphatic hydroxyl groups excluding tert-OH is 1. The predicted octanol–water partition coefficient (Wildman–Crippen LogP) is 0.848. The van der Waals surface area contributed by atoms with Gasteiger partial charge in [-0.2, -0.15) is 0 Å². The Morgan fingerprint density at radius 2 is 2.29 bits per heavy atom. The van der Waals surface area contributed by atoms with Gasteiger partial charge >= 0.3 is 5.69 Å². The van der Waals surface area contributed by atoms with Crippen molar-refractivity contribution in [3.8, 4) is 0 Å². The number of aromatic nitrogens is 1. The molecule has 7 nitrogen and oxygen atoms in total. The van der Waals surface area contributed by atoms with Crippen LogP contribution in [0.2, 0.25) is 0 Å². The van der Waals surface area contributed by atoms with Crippen LogP contribution in [0.1, 0.15) is 6.92 Å². The van der Waals surface area contributed by atoms with E-state index in [1.807, 2.05) is 0 Å². The normalized spacial score (nSPS) is 12.0. The first-order valence-corrected chi connectivity index (χ1v) is 5.18. The third-order valence-electron chi connectivity index (χ3n) is 2.57. The Morgan fingerprint density at radius 1 is 1.65 bits per heavy atom. The van der Waals surface area contributed by atoms with Gasteiger partial charge in [-0.15, -0.1) is 0 Å². The zero-order chi connectivity index (χ0) is 13.0. The number of nitrogens with one attached hydrogen (secondary N) is 1. The van der Waals surface area contributed by atoms with Crippen molar-refractivity contribution in [2.75, 3.05) is 30.9 Å². The van der Waals surface area contributed by atoms with Crippen molar-refractivity contribution in [1.82, 2.24) is 4.98 Å². The highest BCUT2D eigenvalue weighted by atomic mass is 16.6. The molecule has 0 aromatic carbocycles. The predicted molar refractivity (Wildman–Crippen MR) is 65.4 cm³/mol. The van der Waals surface area contributed by atoms with Gasteiger partial charge in [-0.3, -0.25) is 10.1 Å². The summed E-state index contributed by atoms with van der Waals surface area (Å²) in [5.41, 5.74) is -0.0770. The van der Waals surface area contributed by atoms with E-state index in [1.54, 1.807) is 32.0 Å². The second-order valence-electron chi connectivity index (χ2n) is 3.69. The number of pyridine rings is 1. The molecule has 0 radical (unpaired) electrons. The van der Waals surface area contributed by atoms with Crippen LogP contribution in [0.25, 0.3) is 0 Å². The van der Waals surface area contributed by atoms with Crippen LogP contribution in [0.15, 0.2) is 12.1 Å². The minimum Gasteiger partial charge on any atom is -0.394 e. The van der Waals surface area contributed by atoms with E-state index < -0.39 is 4.92 Å². The third-order valence-corrected chi connectivity index (χ3v) is 2.57. The van der Waals surface area contributed by atoms with E-state index in [-0.39, 0.29) is 24.2 Å². The average molecular weight is 240 g/mol. The summed E-state index contributed by atoms with van der Waals surface area (Å²) < 4.78 is 0. The standard InChI is InChI=1S/C10H16N4O3/c1-7(6-15)13(3)10-8(14(16)17)4-5-9(11-2)12-10/h4-5,7,15H,6H2,1-3H3,(H,11,12). The molecule has 0 spiro atoms. The van der Waals surface area contributed by atoms with Crippen LogP contribution >= 0.6 is 0 Å². The lowest BCUT2D eigenvalue weighted by atomic mass is 10.3. The molecule has 0 amide bonds. The summed E-state index contributed by atoms with van der Waals surface area (Å²) in [4.78, 5) is 16.1. The van der Waals surface area contributed by atoms with Crippen molar-refractivity contribution in [3.05, 3.63) is 22.2 Å².